The van der Waals surface area contributed by atoms with Crippen LogP contribution < -0.4 is 10.6 Å². The Morgan fingerprint density at radius 3 is 2.85 bits per heavy atom. The second-order valence-corrected chi connectivity index (χ2v) is 4.62. The molecule has 0 spiro atoms. The van der Waals surface area contributed by atoms with E-state index in [1.807, 2.05) is 44.2 Å². The van der Waals surface area contributed by atoms with Crippen LogP contribution in [0.3, 0.4) is 0 Å². The summed E-state index contributed by atoms with van der Waals surface area (Å²) in [4.78, 5) is 20.1. The molecule has 1 heterocycles. The van der Waals surface area contributed by atoms with Crippen molar-refractivity contribution < 1.29 is 4.79 Å². The van der Waals surface area contributed by atoms with Gasteiger partial charge in [-0.05, 0) is 37.6 Å². The Kier molecular flexibility index (Phi) is 4.79. The van der Waals surface area contributed by atoms with Gasteiger partial charge in [-0.15, -0.1) is 0 Å². The van der Waals surface area contributed by atoms with E-state index in [-0.39, 0.29) is 12.5 Å². The highest BCUT2D eigenvalue weighted by Crippen LogP contribution is 2.08. The normalized spacial score (nSPS) is 10.3. The van der Waals surface area contributed by atoms with Crippen LogP contribution in [0.25, 0.3) is 0 Å². The van der Waals surface area contributed by atoms with Crippen molar-refractivity contribution in [2.75, 3.05) is 11.9 Å². The molecule has 20 heavy (non-hydrogen) atoms. The molecular weight excluding hydrogens is 252 g/mol. The third-order valence-corrected chi connectivity index (χ3v) is 2.73. The number of rotatable bonds is 5. The predicted molar refractivity (Wildman–Crippen MR) is 78.3 cm³/mol. The Morgan fingerprint density at radius 1 is 1.25 bits per heavy atom. The predicted octanol–water partition coefficient (Wildman–Crippen LogP) is 1.82. The maximum Gasteiger partial charge on any atom is 0.238 e. The molecular formula is C15H18N4O. The highest BCUT2D eigenvalue weighted by atomic mass is 16.1. The first-order valence-corrected chi connectivity index (χ1v) is 6.49. The fourth-order valence-corrected chi connectivity index (χ4v) is 1.84. The third-order valence-electron chi connectivity index (χ3n) is 2.73. The average molecular weight is 270 g/mol. The lowest BCUT2D eigenvalue weighted by Crippen LogP contribution is -2.28. The fourth-order valence-electron chi connectivity index (χ4n) is 1.84. The molecule has 0 bridgehead atoms. The number of hydrogen-bond donors (Lipinski definition) is 2. The molecule has 1 aromatic heterocycles. The van der Waals surface area contributed by atoms with E-state index in [1.54, 1.807) is 6.20 Å². The van der Waals surface area contributed by atoms with Crippen LogP contribution in [0, 0.1) is 13.8 Å². The molecule has 0 aliphatic carbocycles. The maximum atomic E-state index is 11.8. The van der Waals surface area contributed by atoms with Crippen molar-refractivity contribution in [3.05, 3.63) is 53.6 Å². The lowest BCUT2D eigenvalue weighted by Gasteiger charge is -2.07. The zero-order valence-corrected chi connectivity index (χ0v) is 11.7. The monoisotopic (exact) mass is 270 g/mol. The van der Waals surface area contributed by atoms with Gasteiger partial charge in [0, 0.05) is 18.4 Å². The van der Waals surface area contributed by atoms with Gasteiger partial charge >= 0.3 is 0 Å². The van der Waals surface area contributed by atoms with Crippen LogP contribution in [0.1, 0.15) is 17.1 Å². The molecule has 0 aliphatic rings. The molecule has 0 aliphatic heterocycles. The molecule has 0 saturated heterocycles. The summed E-state index contributed by atoms with van der Waals surface area (Å²) in [5.74, 6) is 0.662. The van der Waals surface area contributed by atoms with E-state index in [0.29, 0.717) is 6.54 Å². The number of anilines is 1. The van der Waals surface area contributed by atoms with E-state index in [2.05, 4.69) is 20.6 Å². The van der Waals surface area contributed by atoms with Gasteiger partial charge in [0.05, 0.1) is 12.2 Å². The topological polar surface area (TPSA) is 66.9 Å². The highest BCUT2D eigenvalue weighted by molar-refractivity contribution is 5.92. The lowest BCUT2D eigenvalue weighted by molar-refractivity contribution is -0.115. The first-order valence-electron chi connectivity index (χ1n) is 6.49. The van der Waals surface area contributed by atoms with Gasteiger partial charge in [0.1, 0.15) is 5.82 Å². The van der Waals surface area contributed by atoms with Crippen LogP contribution in [0.4, 0.5) is 5.69 Å². The van der Waals surface area contributed by atoms with Gasteiger partial charge in [0.2, 0.25) is 5.91 Å². The molecule has 2 rings (SSSR count). The molecule has 0 unspecified atom stereocenters. The first kappa shape index (κ1) is 14.1. The smallest absolute Gasteiger partial charge is 0.238 e. The Hall–Kier alpha value is -2.27. The molecule has 0 atom stereocenters. The molecule has 1 aromatic carbocycles. The van der Waals surface area contributed by atoms with E-state index in [9.17, 15) is 4.79 Å². The van der Waals surface area contributed by atoms with Gasteiger partial charge in [-0.25, -0.2) is 9.97 Å². The summed E-state index contributed by atoms with van der Waals surface area (Å²) in [7, 11) is 0. The highest BCUT2D eigenvalue weighted by Gasteiger charge is 2.02. The number of nitrogens with one attached hydrogen (secondary N) is 2. The Balaban J connectivity index is 1.78. The number of aromatic nitrogens is 2. The summed E-state index contributed by atoms with van der Waals surface area (Å²) in [5.41, 5.74) is 2.81. The summed E-state index contributed by atoms with van der Waals surface area (Å²) in [6.07, 6.45) is 1.71. The van der Waals surface area contributed by atoms with E-state index in [0.717, 1.165) is 22.8 Å². The van der Waals surface area contributed by atoms with Crippen LogP contribution >= 0.6 is 0 Å². The second kappa shape index (κ2) is 6.77. The van der Waals surface area contributed by atoms with Gasteiger partial charge < -0.3 is 10.6 Å². The second-order valence-electron chi connectivity index (χ2n) is 4.62. The van der Waals surface area contributed by atoms with Gasteiger partial charge in [-0.3, -0.25) is 4.79 Å². The molecule has 5 nitrogen and oxygen atoms in total. The number of amides is 1. The largest absolute Gasteiger partial charge is 0.325 e. The zero-order chi connectivity index (χ0) is 14.4. The van der Waals surface area contributed by atoms with Gasteiger partial charge in [0.25, 0.3) is 0 Å². The summed E-state index contributed by atoms with van der Waals surface area (Å²) in [5, 5.41) is 5.91. The standard InChI is InChI=1S/C15H18N4O/c1-11-4-3-5-13(8-11)19-15(20)10-16-9-14-6-7-17-12(2)18-14/h3-8,16H,9-10H2,1-2H3,(H,19,20). The number of carbonyl (C=O) groups is 1. The van der Waals surface area contributed by atoms with Gasteiger partial charge in [0.15, 0.2) is 0 Å². The van der Waals surface area contributed by atoms with Gasteiger partial charge in [-0.2, -0.15) is 0 Å². The molecule has 0 radical (unpaired) electrons. The van der Waals surface area contributed by atoms with E-state index in [1.165, 1.54) is 0 Å². The Bertz CT molecular complexity index is 598. The minimum atomic E-state index is -0.0682. The molecule has 2 N–H and O–H groups in total. The van der Waals surface area contributed by atoms with Crippen molar-refractivity contribution in [2.45, 2.75) is 20.4 Å². The van der Waals surface area contributed by atoms with Crippen molar-refractivity contribution in [1.29, 1.82) is 0 Å². The van der Waals surface area contributed by atoms with Crippen molar-refractivity contribution in [2.24, 2.45) is 0 Å². The zero-order valence-electron chi connectivity index (χ0n) is 11.7. The first-order chi connectivity index (χ1) is 9.63. The summed E-state index contributed by atoms with van der Waals surface area (Å²) in [6.45, 7) is 4.63. The lowest BCUT2D eigenvalue weighted by atomic mass is 10.2. The van der Waals surface area contributed by atoms with E-state index in [4.69, 9.17) is 0 Å². The third kappa shape index (κ3) is 4.44. The molecule has 0 saturated carbocycles. The fraction of sp³-hybridized carbons (Fsp3) is 0.267. The van der Waals surface area contributed by atoms with Crippen LogP contribution in [0.15, 0.2) is 36.5 Å². The number of carbonyl (C=O) groups excluding carboxylic acids is 1. The quantitative estimate of drug-likeness (QED) is 0.869. The van der Waals surface area contributed by atoms with Crippen LogP contribution in [0.2, 0.25) is 0 Å². The van der Waals surface area contributed by atoms with Crippen LogP contribution in [0.5, 0.6) is 0 Å². The molecule has 2 aromatic rings. The minimum absolute atomic E-state index is 0.0682. The molecule has 0 fully saturated rings. The Labute approximate surface area is 118 Å². The average Bonchev–Trinajstić information content (AvgIpc) is 2.38. The summed E-state index contributed by atoms with van der Waals surface area (Å²) >= 11 is 0. The van der Waals surface area contributed by atoms with Crippen molar-refractivity contribution >= 4 is 11.6 Å². The minimum Gasteiger partial charge on any atom is -0.325 e. The number of nitrogens with zero attached hydrogens (tertiary/aromatic N) is 2. The number of hydrogen-bond acceptors (Lipinski definition) is 4. The van der Waals surface area contributed by atoms with Crippen LogP contribution in [-0.4, -0.2) is 22.4 Å². The number of aryl methyl sites for hydroxylation is 2. The number of benzene rings is 1. The molecule has 104 valence electrons. The van der Waals surface area contributed by atoms with Crippen molar-refractivity contribution in [1.82, 2.24) is 15.3 Å². The van der Waals surface area contributed by atoms with Crippen molar-refractivity contribution in [3.63, 3.8) is 0 Å². The maximum absolute atomic E-state index is 11.8. The van der Waals surface area contributed by atoms with Gasteiger partial charge in [-0.1, -0.05) is 12.1 Å². The van der Waals surface area contributed by atoms with E-state index >= 15 is 0 Å². The van der Waals surface area contributed by atoms with Crippen LogP contribution in [-0.2, 0) is 11.3 Å². The molecule has 1 amide bonds. The summed E-state index contributed by atoms with van der Waals surface area (Å²) in [6, 6.07) is 9.55. The SMILES string of the molecule is Cc1cccc(NC(=O)CNCc2ccnc(C)n2)c1. The Morgan fingerprint density at radius 2 is 2.10 bits per heavy atom. The molecule has 5 heteroatoms. The van der Waals surface area contributed by atoms with E-state index < -0.39 is 0 Å². The van der Waals surface area contributed by atoms with Crippen molar-refractivity contribution in [3.8, 4) is 0 Å². The summed E-state index contributed by atoms with van der Waals surface area (Å²) < 4.78 is 0.